The second kappa shape index (κ2) is 6.51. The summed E-state index contributed by atoms with van der Waals surface area (Å²) in [6, 6.07) is 7.88. The SMILES string of the molecule is Cc1cc(C(=O)/C=C/c2c(C)nn(-c3ccc(F)cc3)c2C)c(C)o1. The van der Waals surface area contributed by atoms with E-state index in [9.17, 15) is 9.18 Å². The van der Waals surface area contributed by atoms with E-state index in [1.54, 1.807) is 35.9 Å². The molecule has 0 aliphatic heterocycles. The molecule has 0 saturated heterocycles. The molecule has 0 atom stereocenters. The molecule has 0 radical (unpaired) electrons. The molecular weight excluding hydrogens is 319 g/mol. The number of rotatable bonds is 4. The Balaban J connectivity index is 1.92. The normalized spacial score (nSPS) is 11.4. The van der Waals surface area contributed by atoms with Crippen LogP contribution in [0, 0.1) is 33.5 Å². The van der Waals surface area contributed by atoms with Gasteiger partial charge in [-0.15, -0.1) is 0 Å². The first-order valence-electron chi connectivity index (χ1n) is 7.98. The monoisotopic (exact) mass is 338 g/mol. The van der Waals surface area contributed by atoms with Gasteiger partial charge in [-0.25, -0.2) is 9.07 Å². The summed E-state index contributed by atoms with van der Waals surface area (Å²) in [5, 5.41) is 4.50. The lowest BCUT2D eigenvalue weighted by Crippen LogP contribution is -1.99. The molecule has 25 heavy (non-hydrogen) atoms. The summed E-state index contributed by atoms with van der Waals surface area (Å²) in [6.45, 7) is 7.39. The molecule has 0 saturated carbocycles. The van der Waals surface area contributed by atoms with Gasteiger partial charge < -0.3 is 4.42 Å². The van der Waals surface area contributed by atoms with Crippen molar-refractivity contribution in [2.45, 2.75) is 27.7 Å². The third-order valence-corrected chi connectivity index (χ3v) is 4.13. The van der Waals surface area contributed by atoms with Gasteiger partial charge in [0.1, 0.15) is 17.3 Å². The smallest absolute Gasteiger partial charge is 0.189 e. The Bertz CT molecular complexity index is 962. The molecule has 4 nitrogen and oxygen atoms in total. The van der Waals surface area contributed by atoms with Crippen LogP contribution in [0.3, 0.4) is 0 Å². The second-order valence-corrected chi connectivity index (χ2v) is 6.00. The molecule has 2 heterocycles. The van der Waals surface area contributed by atoms with E-state index in [0.717, 1.165) is 22.6 Å². The lowest BCUT2D eigenvalue weighted by atomic mass is 10.1. The van der Waals surface area contributed by atoms with E-state index >= 15 is 0 Å². The number of ketones is 1. The molecule has 0 unspecified atom stereocenters. The summed E-state index contributed by atoms with van der Waals surface area (Å²) in [5.74, 6) is 0.929. The number of allylic oxidation sites excluding steroid dienone is 1. The average Bonchev–Trinajstić information content (AvgIpc) is 3.05. The quantitative estimate of drug-likeness (QED) is 0.510. The number of hydrogen-bond donors (Lipinski definition) is 0. The van der Waals surface area contributed by atoms with Gasteiger partial charge in [0.15, 0.2) is 5.78 Å². The maximum Gasteiger partial charge on any atom is 0.189 e. The maximum absolute atomic E-state index is 13.1. The first-order valence-corrected chi connectivity index (χ1v) is 7.98. The van der Waals surface area contributed by atoms with Crippen molar-refractivity contribution in [3.8, 4) is 5.69 Å². The predicted molar refractivity (Wildman–Crippen MR) is 94.5 cm³/mol. The molecule has 0 spiro atoms. The van der Waals surface area contributed by atoms with E-state index in [0.29, 0.717) is 17.1 Å². The van der Waals surface area contributed by atoms with Crippen molar-refractivity contribution in [1.82, 2.24) is 9.78 Å². The van der Waals surface area contributed by atoms with Crippen molar-refractivity contribution in [3.05, 3.63) is 76.3 Å². The van der Waals surface area contributed by atoms with E-state index in [1.165, 1.54) is 18.2 Å². The molecular formula is C20H19FN2O2. The van der Waals surface area contributed by atoms with E-state index in [-0.39, 0.29) is 11.6 Å². The number of benzene rings is 1. The van der Waals surface area contributed by atoms with E-state index < -0.39 is 0 Å². The Labute approximate surface area is 145 Å². The number of hydrogen-bond acceptors (Lipinski definition) is 3. The Morgan fingerprint density at radius 3 is 2.44 bits per heavy atom. The fourth-order valence-corrected chi connectivity index (χ4v) is 2.85. The summed E-state index contributed by atoms with van der Waals surface area (Å²) < 4.78 is 20.3. The van der Waals surface area contributed by atoms with Gasteiger partial charge in [0.2, 0.25) is 0 Å². The van der Waals surface area contributed by atoms with Crippen LogP contribution in [0.4, 0.5) is 4.39 Å². The minimum atomic E-state index is -0.290. The number of aromatic nitrogens is 2. The van der Waals surface area contributed by atoms with Crippen molar-refractivity contribution in [2.75, 3.05) is 0 Å². The zero-order valence-electron chi connectivity index (χ0n) is 14.6. The van der Waals surface area contributed by atoms with Gasteiger partial charge in [-0.1, -0.05) is 0 Å². The zero-order valence-corrected chi connectivity index (χ0v) is 14.6. The number of halogens is 1. The molecule has 0 aliphatic carbocycles. The van der Waals surface area contributed by atoms with E-state index in [1.807, 2.05) is 20.8 Å². The van der Waals surface area contributed by atoms with Crippen molar-refractivity contribution in [3.63, 3.8) is 0 Å². The lowest BCUT2D eigenvalue weighted by molar-refractivity contribution is 0.104. The second-order valence-electron chi connectivity index (χ2n) is 6.00. The summed E-state index contributed by atoms with van der Waals surface area (Å²) in [6.07, 6.45) is 3.30. The Morgan fingerprint density at radius 1 is 1.16 bits per heavy atom. The number of furan rings is 1. The molecule has 0 fully saturated rings. The fraction of sp³-hybridized carbons (Fsp3) is 0.200. The number of aryl methyl sites for hydroxylation is 3. The number of carbonyl (C=O) groups excluding carboxylic acids is 1. The highest BCUT2D eigenvalue weighted by Gasteiger charge is 2.13. The van der Waals surface area contributed by atoms with Gasteiger partial charge in [-0.3, -0.25) is 4.79 Å². The summed E-state index contributed by atoms with van der Waals surface area (Å²) in [4.78, 5) is 12.4. The summed E-state index contributed by atoms with van der Waals surface area (Å²) in [5.41, 5.74) is 3.89. The molecule has 0 bridgehead atoms. The average molecular weight is 338 g/mol. The van der Waals surface area contributed by atoms with E-state index in [4.69, 9.17) is 4.42 Å². The molecule has 5 heteroatoms. The van der Waals surface area contributed by atoms with Crippen LogP contribution in [0.5, 0.6) is 0 Å². The molecule has 3 rings (SSSR count). The van der Waals surface area contributed by atoms with Crippen molar-refractivity contribution < 1.29 is 13.6 Å². The third kappa shape index (κ3) is 3.31. The van der Waals surface area contributed by atoms with Gasteiger partial charge >= 0.3 is 0 Å². The third-order valence-electron chi connectivity index (χ3n) is 4.13. The molecule has 0 N–H and O–H groups in total. The molecule has 0 aliphatic rings. The predicted octanol–water partition coefficient (Wildman–Crippen LogP) is 4.73. The Morgan fingerprint density at radius 2 is 1.84 bits per heavy atom. The molecule has 3 aromatic rings. The number of carbonyl (C=O) groups is 1. The van der Waals surface area contributed by atoms with Crippen LogP contribution in [0.1, 0.15) is 38.8 Å². The topological polar surface area (TPSA) is 48.0 Å². The largest absolute Gasteiger partial charge is 0.466 e. The lowest BCUT2D eigenvalue weighted by Gasteiger charge is -2.04. The fourth-order valence-electron chi connectivity index (χ4n) is 2.85. The first kappa shape index (κ1) is 16.9. The summed E-state index contributed by atoms with van der Waals surface area (Å²) in [7, 11) is 0. The Hall–Kier alpha value is -2.95. The Kier molecular flexibility index (Phi) is 4.40. The standard InChI is InChI=1S/C20H19FN2O2/c1-12-11-19(15(4)25-12)20(24)10-9-18-13(2)22-23(14(18)3)17-7-5-16(21)6-8-17/h5-11H,1-4H3/b10-9+. The minimum Gasteiger partial charge on any atom is -0.466 e. The maximum atomic E-state index is 13.1. The molecule has 128 valence electrons. The van der Waals surface area contributed by atoms with Gasteiger partial charge in [0, 0.05) is 11.3 Å². The van der Waals surface area contributed by atoms with Crippen LogP contribution >= 0.6 is 0 Å². The summed E-state index contributed by atoms with van der Waals surface area (Å²) >= 11 is 0. The van der Waals surface area contributed by atoms with Crippen molar-refractivity contribution >= 4 is 11.9 Å². The van der Waals surface area contributed by atoms with Gasteiger partial charge in [-0.2, -0.15) is 5.10 Å². The van der Waals surface area contributed by atoms with Crippen LogP contribution in [0.25, 0.3) is 11.8 Å². The van der Waals surface area contributed by atoms with Crippen molar-refractivity contribution in [1.29, 1.82) is 0 Å². The van der Waals surface area contributed by atoms with Crippen LogP contribution in [0.2, 0.25) is 0 Å². The molecule has 0 amide bonds. The van der Waals surface area contributed by atoms with Gasteiger partial charge in [0.05, 0.1) is 16.9 Å². The highest BCUT2D eigenvalue weighted by atomic mass is 19.1. The van der Waals surface area contributed by atoms with Crippen LogP contribution in [-0.2, 0) is 0 Å². The van der Waals surface area contributed by atoms with Crippen LogP contribution < -0.4 is 0 Å². The highest BCUT2D eigenvalue weighted by molar-refractivity contribution is 6.07. The molecule has 2 aromatic heterocycles. The van der Waals surface area contributed by atoms with Crippen LogP contribution in [-0.4, -0.2) is 15.6 Å². The van der Waals surface area contributed by atoms with E-state index in [2.05, 4.69) is 5.10 Å². The highest BCUT2D eigenvalue weighted by Crippen LogP contribution is 2.21. The van der Waals surface area contributed by atoms with Gasteiger partial charge in [-0.05, 0) is 70.2 Å². The van der Waals surface area contributed by atoms with Gasteiger partial charge in [0.25, 0.3) is 0 Å². The molecule has 1 aromatic carbocycles. The zero-order chi connectivity index (χ0) is 18.1. The van der Waals surface area contributed by atoms with Crippen LogP contribution in [0.15, 0.2) is 40.8 Å². The number of nitrogens with zero attached hydrogens (tertiary/aromatic N) is 2. The minimum absolute atomic E-state index is 0.109. The van der Waals surface area contributed by atoms with Crippen molar-refractivity contribution in [2.24, 2.45) is 0 Å². The first-order chi connectivity index (χ1) is 11.9.